The molecule has 0 amide bonds. The summed E-state index contributed by atoms with van der Waals surface area (Å²) in [5.74, 6) is -1.03. The maximum atomic E-state index is 12.9. The average molecular weight is 291 g/mol. The van der Waals surface area contributed by atoms with Gasteiger partial charge in [0.05, 0.1) is 5.92 Å². The van der Waals surface area contributed by atoms with Crippen molar-refractivity contribution in [3.05, 3.63) is 22.4 Å². The van der Waals surface area contributed by atoms with Crippen LogP contribution in [0.3, 0.4) is 0 Å². The van der Waals surface area contributed by atoms with Crippen LogP contribution in [0.2, 0.25) is 0 Å². The summed E-state index contributed by atoms with van der Waals surface area (Å²) in [6, 6.07) is 2.09. The van der Waals surface area contributed by atoms with E-state index in [9.17, 15) is 13.2 Å². The SMILES string of the molecule is CCNC(c1ccsc1)C1CCCC(C(F)(F)F)C1. The van der Waals surface area contributed by atoms with Gasteiger partial charge in [-0.15, -0.1) is 0 Å². The predicted octanol–water partition coefficient (Wildman–Crippen LogP) is 4.77. The van der Waals surface area contributed by atoms with Gasteiger partial charge in [0.15, 0.2) is 0 Å². The van der Waals surface area contributed by atoms with Crippen LogP contribution in [-0.4, -0.2) is 12.7 Å². The van der Waals surface area contributed by atoms with Crippen LogP contribution in [0.15, 0.2) is 16.8 Å². The van der Waals surface area contributed by atoms with Crippen LogP contribution in [-0.2, 0) is 0 Å². The molecule has 1 aromatic rings. The van der Waals surface area contributed by atoms with Gasteiger partial charge >= 0.3 is 6.18 Å². The average Bonchev–Trinajstić information content (AvgIpc) is 2.88. The molecule has 0 radical (unpaired) electrons. The second kappa shape index (κ2) is 6.27. The molecule has 0 bridgehead atoms. The van der Waals surface area contributed by atoms with Gasteiger partial charge < -0.3 is 5.32 Å². The Morgan fingerprint density at radius 1 is 1.42 bits per heavy atom. The summed E-state index contributed by atoms with van der Waals surface area (Å²) in [5.41, 5.74) is 1.14. The van der Waals surface area contributed by atoms with Crippen molar-refractivity contribution in [2.75, 3.05) is 6.54 Å². The summed E-state index contributed by atoms with van der Waals surface area (Å²) >= 11 is 1.60. The molecule has 1 N–H and O–H groups in total. The topological polar surface area (TPSA) is 12.0 Å². The maximum Gasteiger partial charge on any atom is 0.391 e. The first-order chi connectivity index (χ1) is 9.02. The van der Waals surface area contributed by atoms with E-state index in [0.29, 0.717) is 12.8 Å². The third-order valence-corrected chi connectivity index (χ3v) is 4.68. The first kappa shape index (κ1) is 14.9. The smallest absolute Gasteiger partial charge is 0.310 e. The monoisotopic (exact) mass is 291 g/mol. The summed E-state index contributed by atoms with van der Waals surface area (Å²) in [7, 11) is 0. The Labute approximate surface area is 116 Å². The van der Waals surface area contributed by atoms with Gasteiger partial charge in [-0.05, 0) is 54.1 Å². The van der Waals surface area contributed by atoms with Crippen molar-refractivity contribution in [1.29, 1.82) is 0 Å². The Kier molecular flexibility index (Phi) is 4.90. The fourth-order valence-corrected chi connectivity index (χ4v) is 3.75. The molecule has 108 valence electrons. The molecule has 3 unspecified atom stereocenters. The Bertz CT molecular complexity index is 375. The normalized spacial score (nSPS) is 26.3. The number of halogens is 3. The number of thiophene rings is 1. The molecule has 1 fully saturated rings. The van der Waals surface area contributed by atoms with Crippen LogP contribution in [0.5, 0.6) is 0 Å². The molecule has 0 saturated heterocycles. The van der Waals surface area contributed by atoms with Crippen LogP contribution < -0.4 is 5.32 Å². The second-order valence-corrected chi connectivity index (χ2v) is 6.04. The molecule has 5 heteroatoms. The molecule has 1 heterocycles. The molecule has 2 rings (SSSR count). The van der Waals surface area contributed by atoms with E-state index in [1.165, 1.54) is 0 Å². The Balaban J connectivity index is 2.09. The fraction of sp³-hybridized carbons (Fsp3) is 0.714. The first-order valence-electron chi connectivity index (χ1n) is 6.84. The summed E-state index contributed by atoms with van der Waals surface area (Å²) in [4.78, 5) is 0. The Morgan fingerprint density at radius 3 is 2.79 bits per heavy atom. The van der Waals surface area contributed by atoms with E-state index in [4.69, 9.17) is 0 Å². The van der Waals surface area contributed by atoms with Gasteiger partial charge in [-0.2, -0.15) is 24.5 Å². The minimum atomic E-state index is -4.04. The molecule has 3 atom stereocenters. The van der Waals surface area contributed by atoms with Crippen molar-refractivity contribution in [1.82, 2.24) is 5.32 Å². The lowest BCUT2D eigenvalue weighted by Gasteiger charge is -2.35. The highest BCUT2D eigenvalue weighted by atomic mass is 32.1. The molecule has 1 nitrogen and oxygen atoms in total. The summed E-state index contributed by atoms with van der Waals surface area (Å²) in [6.45, 7) is 2.79. The molecule has 0 spiro atoms. The van der Waals surface area contributed by atoms with E-state index in [1.807, 2.05) is 23.8 Å². The number of nitrogens with one attached hydrogen (secondary N) is 1. The number of hydrogen-bond donors (Lipinski definition) is 1. The van der Waals surface area contributed by atoms with E-state index in [-0.39, 0.29) is 18.4 Å². The van der Waals surface area contributed by atoms with Gasteiger partial charge in [-0.1, -0.05) is 13.3 Å². The van der Waals surface area contributed by atoms with Crippen LogP contribution in [0.25, 0.3) is 0 Å². The van der Waals surface area contributed by atoms with Gasteiger partial charge in [-0.3, -0.25) is 0 Å². The molecule has 1 saturated carbocycles. The third kappa shape index (κ3) is 3.72. The fourth-order valence-electron chi connectivity index (χ4n) is 3.06. The van der Waals surface area contributed by atoms with E-state index in [0.717, 1.165) is 18.5 Å². The standard InChI is InChI=1S/C14H20F3NS/c1-2-18-13(11-6-7-19-9-11)10-4-3-5-12(8-10)14(15,16)17/h6-7,9-10,12-13,18H,2-5,8H2,1H3. The zero-order chi connectivity index (χ0) is 13.9. The van der Waals surface area contributed by atoms with Crippen molar-refractivity contribution in [2.24, 2.45) is 11.8 Å². The number of hydrogen-bond acceptors (Lipinski definition) is 2. The second-order valence-electron chi connectivity index (χ2n) is 5.26. The van der Waals surface area contributed by atoms with Gasteiger partial charge in [0.2, 0.25) is 0 Å². The first-order valence-corrected chi connectivity index (χ1v) is 7.78. The lowest BCUT2D eigenvalue weighted by molar-refractivity contribution is -0.186. The van der Waals surface area contributed by atoms with Gasteiger partial charge in [-0.25, -0.2) is 0 Å². The molecule has 19 heavy (non-hydrogen) atoms. The number of rotatable bonds is 4. The van der Waals surface area contributed by atoms with Crippen LogP contribution in [0.1, 0.15) is 44.2 Å². The zero-order valence-corrected chi connectivity index (χ0v) is 11.9. The summed E-state index contributed by atoms with van der Waals surface area (Å²) in [5, 5.41) is 7.40. The molecule has 1 aliphatic rings. The van der Waals surface area contributed by atoms with E-state index in [1.54, 1.807) is 11.3 Å². The minimum absolute atomic E-state index is 0.0707. The quantitative estimate of drug-likeness (QED) is 0.842. The van der Waals surface area contributed by atoms with E-state index >= 15 is 0 Å². The van der Waals surface area contributed by atoms with Gasteiger partial charge in [0.1, 0.15) is 0 Å². The maximum absolute atomic E-state index is 12.9. The molecule has 0 aliphatic heterocycles. The van der Waals surface area contributed by atoms with Crippen molar-refractivity contribution in [3.8, 4) is 0 Å². The highest BCUT2D eigenvalue weighted by Crippen LogP contribution is 2.44. The van der Waals surface area contributed by atoms with Crippen LogP contribution in [0, 0.1) is 11.8 Å². The molecule has 1 aliphatic carbocycles. The van der Waals surface area contributed by atoms with Crippen LogP contribution in [0.4, 0.5) is 13.2 Å². The Hall–Kier alpha value is -0.550. The molecular weight excluding hydrogens is 271 g/mol. The minimum Gasteiger partial charge on any atom is -0.310 e. The molecule has 0 aromatic carbocycles. The largest absolute Gasteiger partial charge is 0.391 e. The van der Waals surface area contributed by atoms with Crippen molar-refractivity contribution >= 4 is 11.3 Å². The van der Waals surface area contributed by atoms with E-state index in [2.05, 4.69) is 5.32 Å². The highest BCUT2D eigenvalue weighted by Gasteiger charge is 2.43. The van der Waals surface area contributed by atoms with Gasteiger partial charge in [0.25, 0.3) is 0 Å². The lowest BCUT2D eigenvalue weighted by atomic mass is 9.76. The van der Waals surface area contributed by atoms with Crippen LogP contribution >= 0.6 is 11.3 Å². The van der Waals surface area contributed by atoms with E-state index < -0.39 is 12.1 Å². The zero-order valence-electron chi connectivity index (χ0n) is 11.0. The van der Waals surface area contributed by atoms with Crippen molar-refractivity contribution < 1.29 is 13.2 Å². The van der Waals surface area contributed by atoms with Gasteiger partial charge in [0, 0.05) is 6.04 Å². The predicted molar refractivity (Wildman–Crippen MR) is 72.2 cm³/mol. The van der Waals surface area contributed by atoms with Crippen molar-refractivity contribution in [2.45, 2.75) is 44.8 Å². The molecular formula is C14H20F3NS. The lowest BCUT2D eigenvalue weighted by Crippen LogP contribution is -2.35. The van der Waals surface area contributed by atoms with Crippen molar-refractivity contribution in [3.63, 3.8) is 0 Å². The molecule has 1 aromatic heterocycles. The number of alkyl halides is 3. The summed E-state index contributed by atoms with van der Waals surface area (Å²) in [6.07, 6.45) is -1.91. The summed E-state index contributed by atoms with van der Waals surface area (Å²) < 4.78 is 38.7. The highest BCUT2D eigenvalue weighted by molar-refractivity contribution is 7.07. The third-order valence-electron chi connectivity index (χ3n) is 3.98. The Morgan fingerprint density at radius 2 is 2.21 bits per heavy atom.